The van der Waals surface area contributed by atoms with Crippen LogP contribution < -0.4 is 10.1 Å². The monoisotopic (exact) mass is 391 g/mol. The van der Waals surface area contributed by atoms with Crippen LogP contribution in [0.15, 0.2) is 24.4 Å². The molecule has 8 nitrogen and oxygen atoms in total. The number of benzene rings is 1. The lowest BCUT2D eigenvalue weighted by molar-refractivity contribution is -0.138. The number of aromatic nitrogens is 6. The van der Waals surface area contributed by atoms with E-state index in [9.17, 15) is 13.2 Å². The maximum Gasteiger partial charge on any atom is 0.408 e. The number of aromatic amines is 1. The molecule has 0 radical (unpaired) electrons. The van der Waals surface area contributed by atoms with Gasteiger partial charge in [-0.1, -0.05) is 11.3 Å². The Hall–Kier alpha value is -3.37. The largest absolute Gasteiger partial charge is 0.480 e. The van der Waals surface area contributed by atoms with E-state index >= 15 is 0 Å². The Morgan fingerprint density at radius 3 is 2.75 bits per heavy atom. The van der Waals surface area contributed by atoms with Crippen LogP contribution >= 0.6 is 0 Å². The van der Waals surface area contributed by atoms with E-state index in [4.69, 9.17) is 4.74 Å². The average Bonchev–Trinajstić information content (AvgIpc) is 3.24. The highest BCUT2D eigenvalue weighted by atomic mass is 19.4. The second-order valence-electron chi connectivity index (χ2n) is 6.31. The van der Waals surface area contributed by atoms with E-state index in [0.29, 0.717) is 11.0 Å². The summed E-state index contributed by atoms with van der Waals surface area (Å²) < 4.78 is 45.4. The van der Waals surface area contributed by atoms with E-state index < -0.39 is 12.2 Å². The second kappa shape index (κ2) is 6.36. The van der Waals surface area contributed by atoms with Crippen LogP contribution in [0.1, 0.15) is 6.92 Å². The molecule has 0 bridgehead atoms. The molecule has 4 rings (SSSR count). The van der Waals surface area contributed by atoms with Crippen molar-refractivity contribution in [2.75, 3.05) is 12.4 Å². The van der Waals surface area contributed by atoms with Crippen LogP contribution in [-0.2, 0) is 7.05 Å². The zero-order valence-corrected chi connectivity index (χ0v) is 15.2. The lowest BCUT2D eigenvalue weighted by Crippen LogP contribution is -2.33. The number of hydrogen-bond acceptors (Lipinski definition) is 6. The van der Waals surface area contributed by atoms with E-state index in [1.807, 2.05) is 18.2 Å². The smallest absolute Gasteiger partial charge is 0.408 e. The normalized spacial score (nSPS) is 13.2. The lowest BCUT2D eigenvalue weighted by Gasteiger charge is -2.17. The number of rotatable bonds is 4. The molecule has 0 amide bonds. The van der Waals surface area contributed by atoms with Crippen molar-refractivity contribution in [3.8, 4) is 17.0 Å². The molecule has 0 saturated carbocycles. The minimum absolute atomic E-state index is 0.168. The molecule has 0 fully saturated rings. The van der Waals surface area contributed by atoms with Crippen molar-refractivity contribution in [3.05, 3.63) is 24.4 Å². The molecular weight excluding hydrogens is 375 g/mol. The Morgan fingerprint density at radius 1 is 1.25 bits per heavy atom. The van der Waals surface area contributed by atoms with Crippen molar-refractivity contribution >= 4 is 28.0 Å². The van der Waals surface area contributed by atoms with Gasteiger partial charge in [0.1, 0.15) is 17.2 Å². The standard InChI is InChI=1S/C17H16F3N7O/c1-8(17(18,19)20)22-16-23-14-13(15(24-16)28-3)10(7-21-14)9-4-5-11-12(6-9)27(2)26-25-11/h4-8H,1-3H3,(H2,21,22,23,24). The van der Waals surface area contributed by atoms with Gasteiger partial charge in [0.05, 0.1) is 18.0 Å². The van der Waals surface area contributed by atoms with Crippen LogP contribution in [0.3, 0.4) is 0 Å². The van der Waals surface area contributed by atoms with Gasteiger partial charge in [0.2, 0.25) is 11.8 Å². The van der Waals surface area contributed by atoms with Crippen LogP contribution in [-0.4, -0.2) is 49.3 Å². The van der Waals surface area contributed by atoms with Gasteiger partial charge in [-0.05, 0) is 24.6 Å². The van der Waals surface area contributed by atoms with E-state index in [1.165, 1.54) is 7.11 Å². The van der Waals surface area contributed by atoms with Crippen LogP contribution in [0.5, 0.6) is 5.88 Å². The lowest BCUT2D eigenvalue weighted by atomic mass is 10.1. The van der Waals surface area contributed by atoms with Crippen molar-refractivity contribution < 1.29 is 17.9 Å². The van der Waals surface area contributed by atoms with E-state index in [-0.39, 0.29) is 11.8 Å². The van der Waals surface area contributed by atoms with Gasteiger partial charge in [0.25, 0.3) is 0 Å². The number of anilines is 1. The first-order chi connectivity index (χ1) is 13.3. The summed E-state index contributed by atoms with van der Waals surface area (Å²) in [6.07, 6.45) is -2.71. The highest BCUT2D eigenvalue weighted by Gasteiger charge is 2.36. The third-order valence-corrected chi connectivity index (χ3v) is 4.45. The summed E-state index contributed by atoms with van der Waals surface area (Å²) in [4.78, 5) is 11.3. The Morgan fingerprint density at radius 2 is 2.04 bits per heavy atom. The Labute approximate surface area is 156 Å². The highest BCUT2D eigenvalue weighted by Crippen LogP contribution is 2.35. The van der Waals surface area contributed by atoms with Gasteiger partial charge < -0.3 is 15.0 Å². The fourth-order valence-corrected chi connectivity index (χ4v) is 2.91. The maximum absolute atomic E-state index is 12.8. The summed E-state index contributed by atoms with van der Waals surface area (Å²) in [5.41, 5.74) is 3.55. The predicted molar refractivity (Wildman–Crippen MR) is 97.1 cm³/mol. The SMILES string of the molecule is COc1nc(NC(C)C(F)(F)F)nc2[nH]cc(-c3ccc4nnn(C)c4c3)c12. The molecule has 0 aliphatic carbocycles. The Balaban J connectivity index is 1.81. The van der Waals surface area contributed by atoms with Crippen LogP contribution in [0.4, 0.5) is 19.1 Å². The van der Waals surface area contributed by atoms with Crippen molar-refractivity contribution in [2.45, 2.75) is 19.1 Å². The molecule has 0 aliphatic heterocycles. The topological polar surface area (TPSA) is 93.5 Å². The van der Waals surface area contributed by atoms with Crippen molar-refractivity contribution in [3.63, 3.8) is 0 Å². The van der Waals surface area contributed by atoms with Gasteiger partial charge in [-0.25, -0.2) is 4.68 Å². The third-order valence-electron chi connectivity index (χ3n) is 4.45. The number of methoxy groups -OCH3 is 1. The molecular formula is C17H16F3N7O. The summed E-state index contributed by atoms with van der Waals surface area (Å²) >= 11 is 0. The number of fused-ring (bicyclic) bond motifs is 2. The first-order valence-electron chi connectivity index (χ1n) is 8.34. The van der Waals surface area contributed by atoms with Gasteiger partial charge in [-0.2, -0.15) is 23.1 Å². The average molecular weight is 391 g/mol. The molecule has 4 aromatic rings. The summed E-state index contributed by atoms with van der Waals surface area (Å²) in [6.45, 7) is 0.997. The first kappa shape index (κ1) is 18.0. The molecule has 0 spiro atoms. The molecule has 0 aliphatic rings. The van der Waals surface area contributed by atoms with Gasteiger partial charge in [-0.3, -0.25) is 0 Å². The van der Waals surface area contributed by atoms with Crippen LogP contribution in [0, 0.1) is 0 Å². The predicted octanol–water partition coefficient (Wildman–Crippen LogP) is 3.28. The fraction of sp³-hybridized carbons (Fsp3) is 0.294. The van der Waals surface area contributed by atoms with Gasteiger partial charge >= 0.3 is 6.18 Å². The molecule has 3 aromatic heterocycles. The fourth-order valence-electron chi connectivity index (χ4n) is 2.91. The Kier molecular flexibility index (Phi) is 4.09. The van der Waals surface area contributed by atoms with Gasteiger partial charge in [-0.15, -0.1) is 5.10 Å². The van der Waals surface area contributed by atoms with Crippen molar-refractivity contribution in [2.24, 2.45) is 7.05 Å². The second-order valence-corrected chi connectivity index (χ2v) is 6.31. The third kappa shape index (κ3) is 2.98. The van der Waals surface area contributed by atoms with Crippen molar-refractivity contribution in [1.82, 2.24) is 29.9 Å². The number of halogens is 3. The number of aryl methyl sites for hydroxylation is 1. The molecule has 2 N–H and O–H groups in total. The molecule has 1 atom stereocenters. The number of alkyl halides is 3. The number of hydrogen-bond donors (Lipinski definition) is 2. The number of ether oxygens (including phenoxy) is 1. The summed E-state index contributed by atoms with van der Waals surface area (Å²) in [6, 6.07) is 3.82. The number of H-pyrrole nitrogens is 1. The molecule has 3 heterocycles. The Bertz CT molecular complexity index is 1160. The minimum Gasteiger partial charge on any atom is -0.480 e. The zero-order valence-electron chi connectivity index (χ0n) is 15.2. The van der Waals surface area contributed by atoms with E-state index in [1.54, 1.807) is 17.9 Å². The number of nitrogens with one attached hydrogen (secondary N) is 2. The van der Waals surface area contributed by atoms with Gasteiger partial charge in [0, 0.05) is 18.8 Å². The highest BCUT2D eigenvalue weighted by molar-refractivity contribution is 5.99. The van der Waals surface area contributed by atoms with Gasteiger partial charge in [0.15, 0.2) is 0 Å². The molecule has 28 heavy (non-hydrogen) atoms. The van der Waals surface area contributed by atoms with E-state index in [0.717, 1.165) is 29.1 Å². The summed E-state index contributed by atoms with van der Waals surface area (Å²) in [5.74, 6) is -0.00443. The minimum atomic E-state index is -4.42. The first-order valence-corrected chi connectivity index (χ1v) is 8.34. The van der Waals surface area contributed by atoms with Crippen molar-refractivity contribution in [1.29, 1.82) is 0 Å². The quantitative estimate of drug-likeness (QED) is 0.555. The maximum atomic E-state index is 12.8. The molecule has 1 aromatic carbocycles. The zero-order chi connectivity index (χ0) is 20.1. The summed E-state index contributed by atoms with van der Waals surface area (Å²) in [7, 11) is 3.20. The number of nitrogens with zero attached hydrogens (tertiary/aromatic N) is 5. The molecule has 0 saturated heterocycles. The molecule has 1 unspecified atom stereocenters. The van der Waals surface area contributed by atoms with E-state index in [2.05, 4.69) is 30.6 Å². The summed E-state index contributed by atoms with van der Waals surface area (Å²) in [5, 5.41) is 10.9. The molecule has 146 valence electrons. The van der Waals surface area contributed by atoms with Crippen LogP contribution in [0.25, 0.3) is 33.2 Å². The van der Waals surface area contributed by atoms with Crippen LogP contribution in [0.2, 0.25) is 0 Å². The molecule has 11 heteroatoms.